The highest BCUT2D eigenvalue weighted by Crippen LogP contribution is 2.26. The van der Waals surface area contributed by atoms with Crippen molar-refractivity contribution in [2.75, 3.05) is 6.61 Å². The Hall–Kier alpha value is -2.18. The Kier molecular flexibility index (Phi) is 7.01. The van der Waals surface area contributed by atoms with Crippen LogP contribution < -0.4 is 5.48 Å². The van der Waals surface area contributed by atoms with Gasteiger partial charge in [0.1, 0.15) is 11.6 Å². The number of amides is 1. The third kappa shape index (κ3) is 5.65. The van der Waals surface area contributed by atoms with Gasteiger partial charge in [0, 0.05) is 12.6 Å². The topological polar surface area (TPSA) is 54.7 Å². The Bertz CT molecular complexity index is 741. The van der Waals surface area contributed by atoms with Gasteiger partial charge in [0.05, 0.1) is 13.2 Å². The van der Waals surface area contributed by atoms with Crippen LogP contribution in [0, 0.1) is 5.82 Å². The molecule has 1 fully saturated rings. The molecule has 0 aliphatic heterocycles. The summed E-state index contributed by atoms with van der Waals surface area (Å²) in [7, 11) is 0. The third-order valence-electron chi connectivity index (χ3n) is 4.92. The Labute approximate surface area is 159 Å². The van der Waals surface area contributed by atoms with E-state index in [0.29, 0.717) is 25.7 Å². The lowest BCUT2D eigenvalue weighted by atomic mass is 9.93. The zero-order valence-corrected chi connectivity index (χ0v) is 15.7. The van der Waals surface area contributed by atoms with Gasteiger partial charge in [0.15, 0.2) is 5.76 Å². The van der Waals surface area contributed by atoms with Gasteiger partial charge in [-0.1, -0.05) is 31.4 Å². The molecule has 1 aromatic carbocycles. The predicted octanol–water partition coefficient (Wildman–Crippen LogP) is 4.43. The Morgan fingerprint density at radius 2 is 2.04 bits per heavy atom. The molecule has 1 saturated carbocycles. The average molecular weight is 374 g/mol. The first-order chi connectivity index (χ1) is 13.2. The average Bonchev–Trinajstić information content (AvgIpc) is 3.15. The molecule has 1 amide bonds. The summed E-state index contributed by atoms with van der Waals surface area (Å²) in [4.78, 5) is 19.2. The van der Waals surface area contributed by atoms with Crippen molar-refractivity contribution >= 4 is 5.91 Å². The minimum absolute atomic E-state index is 0.219. The number of rotatable bonds is 8. The van der Waals surface area contributed by atoms with Crippen LogP contribution in [0.25, 0.3) is 0 Å². The molecule has 0 spiro atoms. The molecule has 2 aromatic rings. The lowest BCUT2D eigenvalue weighted by Gasteiger charge is -2.34. The van der Waals surface area contributed by atoms with Gasteiger partial charge in [-0.25, -0.2) is 9.87 Å². The number of nitrogens with one attached hydrogen (secondary N) is 1. The summed E-state index contributed by atoms with van der Waals surface area (Å²) in [6.45, 7) is 3.43. The largest absolute Gasteiger partial charge is 0.454 e. The molecule has 6 heteroatoms. The molecule has 0 saturated heterocycles. The molecule has 0 bridgehead atoms. The van der Waals surface area contributed by atoms with Crippen LogP contribution in [0.5, 0.6) is 0 Å². The molecule has 0 atom stereocenters. The standard InChI is InChI=1S/C21H27FN2O3/c1-2-26-23-21(25)20-12-11-19(27-20)15-24(18-9-4-3-5-10-18)14-16-7-6-8-17(22)13-16/h6-8,11-13,18H,2-5,9-10,14-15H2,1H3,(H,23,25). The van der Waals surface area contributed by atoms with Crippen molar-refractivity contribution in [2.45, 2.75) is 58.2 Å². The van der Waals surface area contributed by atoms with Gasteiger partial charge >= 0.3 is 5.91 Å². The highest BCUT2D eigenvalue weighted by atomic mass is 19.1. The van der Waals surface area contributed by atoms with E-state index in [1.807, 2.05) is 12.1 Å². The summed E-state index contributed by atoms with van der Waals surface area (Å²) in [5.74, 6) is 0.341. The third-order valence-corrected chi connectivity index (χ3v) is 4.92. The molecule has 27 heavy (non-hydrogen) atoms. The van der Waals surface area contributed by atoms with E-state index < -0.39 is 5.91 Å². The molecule has 1 aliphatic rings. The van der Waals surface area contributed by atoms with Gasteiger partial charge in [0.2, 0.25) is 0 Å². The molecule has 1 heterocycles. The smallest absolute Gasteiger partial charge is 0.310 e. The van der Waals surface area contributed by atoms with Crippen LogP contribution in [-0.4, -0.2) is 23.5 Å². The molecule has 5 nitrogen and oxygen atoms in total. The van der Waals surface area contributed by atoms with Gasteiger partial charge in [-0.3, -0.25) is 14.5 Å². The highest BCUT2D eigenvalue weighted by Gasteiger charge is 2.23. The van der Waals surface area contributed by atoms with E-state index in [9.17, 15) is 9.18 Å². The minimum atomic E-state index is -0.391. The lowest BCUT2D eigenvalue weighted by molar-refractivity contribution is 0.0337. The Morgan fingerprint density at radius 3 is 2.78 bits per heavy atom. The molecular weight excluding hydrogens is 347 g/mol. The second-order valence-corrected chi connectivity index (χ2v) is 6.96. The van der Waals surface area contributed by atoms with E-state index in [-0.39, 0.29) is 11.6 Å². The summed E-state index contributed by atoms with van der Waals surface area (Å²) in [6.07, 6.45) is 5.96. The van der Waals surface area contributed by atoms with Crippen molar-refractivity contribution in [3.8, 4) is 0 Å². The first-order valence-electron chi connectivity index (χ1n) is 9.65. The molecule has 0 radical (unpaired) electrons. The minimum Gasteiger partial charge on any atom is -0.454 e. The number of halogens is 1. The number of nitrogens with zero attached hydrogens (tertiary/aromatic N) is 1. The highest BCUT2D eigenvalue weighted by molar-refractivity contribution is 5.90. The van der Waals surface area contributed by atoms with Crippen LogP contribution in [-0.2, 0) is 17.9 Å². The number of furan rings is 1. The van der Waals surface area contributed by atoms with Crippen LogP contribution in [0.4, 0.5) is 4.39 Å². The van der Waals surface area contributed by atoms with Crippen LogP contribution >= 0.6 is 0 Å². The lowest BCUT2D eigenvalue weighted by Crippen LogP contribution is -2.35. The summed E-state index contributed by atoms with van der Waals surface area (Å²) < 4.78 is 19.3. The summed E-state index contributed by atoms with van der Waals surface area (Å²) in [6, 6.07) is 10.7. The summed E-state index contributed by atoms with van der Waals surface area (Å²) >= 11 is 0. The van der Waals surface area contributed by atoms with E-state index in [2.05, 4.69) is 10.4 Å². The Morgan fingerprint density at radius 1 is 1.22 bits per heavy atom. The van der Waals surface area contributed by atoms with E-state index in [0.717, 1.165) is 24.2 Å². The van der Waals surface area contributed by atoms with Crippen molar-refractivity contribution in [1.82, 2.24) is 10.4 Å². The maximum Gasteiger partial charge on any atom is 0.310 e. The number of hydrogen-bond donors (Lipinski definition) is 1. The monoisotopic (exact) mass is 374 g/mol. The normalized spacial score (nSPS) is 15.2. The van der Waals surface area contributed by atoms with Gasteiger partial charge in [-0.05, 0) is 49.6 Å². The van der Waals surface area contributed by atoms with Crippen molar-refractivity contribution in [3.05, 3.63) is 59.3 Å². The number of carbonyl (C=O) groups excluding carboxylic acids is 1. The Balaban J connectivity index is 1.71. The van der Waals surface area contributed by atoms with Gasteiger partial charge < -0.3 is 4.42 Å². The first-order valence-corrected chi connectivity index (χ1v) is 9.65. The van der Waals surface area contributed by atoms with Crippen molar-refractivity contribution in [2.24, 2.45) is 0 Å². The molecule has 0 unspecified atom stereocenters. The quantitative estimate of drug-likeness (QED) is 0.694. The second-order valence-electron chi connectivity index (χ2n) is 6.96. The number of carbonyl (C=O) groups is 1. The van der Waals surface area contributed by atoms with Crippen molar-refractivity contribution < 1.29 is 18.4 Å². The van der Waals surface area contributed by atoms with Crippen LogP contribution in [0.15, 0.2) is 40.8 Å². The van der Waals surface area contributed by atoms with E-state index in [1.165, 1.54) is 25.3 Å². The zero-order chi connectivity index (χ0) is 19.1. The van der Waals surface area contributed by atoms with Crippen LogP contribution in [0.1, 0.15) is 60.9 Å². The molecule has 146 valence electrons. The van der Waals surface area contributed by atoms with Crippen LogP contribution in [0.2, 0.25) is 0 Å². The molecule has 1 aliphatic carbocycles. The van der Waals surface area contributed by atoms with Crippen LogP contribution in [0.3, 0.4) is 0 Å². The fraction of sp³-hybridized carbons (Fsp3) is 0.476. The van der Waals surface area contributed by atoms with Gasteiger partial charge in [-0.15, -0.1) is 0 Å². The predicted molar refractivity (Wildman–Crippen MR) is 100 cm³/mol. The first kappa shape index (κ1) is 19.6. The summed E-state index contributed by atoms with van der Waals surface area (Å²) in [5, 5.41) is 0. The maximum absolute atomic E-state index is 13.6. The fourth-order valence-electron chi connectivity index (χ4n) is 3.60. The SMILES string of the molecule is CCONC(=O)c1ccc(CN(Cc2cccc(F)c2)C2CCCCC2)o1. The van der Waals surface area contributed by atoms with E-state index >= 15 is 0 Å². The zero-order valence-electron chi connectivity index (χ0n) is 15.7. The molecular formula is C21H27FN2O3. The number of benzene rings is 1. The number of hydroxylamine groups is 1. The van der Waals surface area contributed by atoms with E-state index in [1.54, 1.807) is 25.1 Å². The fourth-order valence-corrected chi connectivity index (χ4v) is 3.60. The van der Waals surface area contributed by atoms with Crippen molar-refractivity contribution in [1.29, 1.82) is 0 Å². The van der Waals surface area contributed by atoms with Crippen molar-refractivity contribution in [3.63, 3.8) is 0 Å². The van der Waals surface area contributed by atoms with E-state index in [4.69, 9.17) is 9.25 Å². The molecule has 1 aromatic heterocycles. The molecule has 3 rings (SSSR count). The molecule has 1 N–H and O–H groups in total. The second kappa shape index (κ2) is 9.67. The number of hydrogen-bond acceptors (Lipinski definition) is 4. The van der Waals surface area contributed by atoms with Gasteiger partial charge in [0.25, 0.3) is 0 Å². The summed E-state index contributed by atoms with van der Waals surface area (Å²) in [5.41, 5.74) is 3.28. The maximum atomic E-state index is 13.6. The van der Waals surface area contributed by atoms with Gasteiger partial charge in [-0.2, -0.15) is 0 Å².